The summed E-state index contributed by atoms with van der Waals surface area (Å²) >= 11 is 0. The number of nitrogens with zero attached hydrogens (tertiary/aromatic N) is 5. The molecular formula is C47H25N5O4. The number of rotatable bonds is 4. The first-order valence-corrected chi connectivity index (χ1v) is 18.2. The molecule has 262 valence electrons. The quantitative estimate of drug-likeness (QED) is 0.178. The Morgan fingerprint density at radius 1 is 0.393 bits per heavy atom. The van der Waals surface area contributed by atoms with Gasteiger partial charge in [-0.25, -0.2) is 19.5 Å². The van der Waals surface area contributed by atoms with Gasteiger partial charge in [0.05, 0.1) is 27.4 Å². The monoisotopic (exact) mass is 723 g/mol. The number of hydrogen-bond donors (Lipinski definition) is 0. The van der Waals surface area contributed by atoms with Gasteiger partial charge in [0.15, 0.2) is 17.5 Å². The van der Waals surface area contributed by atoms with E-state index in [-0.39, 0.29) is 11.1 Å². The molecule has 56 heavy (non-hydrogen) atoms. The van der Waals surface area contributed by atoms with Crippen LogP contribution in [0.3, 0.4) is 0 Å². The van der Waals surface area contributed by atoms with Gasteiger partial charge in [0.2, 0.25) is 0 Å². The summed E-state index contributed by atoms with van der Waals surface area (Å²) in [5.74, 6) is 1.55. The van der Waals surface area contributed by atoms with E-state index in [1.165, 1.54) is 4.52 Å². The molecule has 0 bridgehead atoms. The predicted octanol–water partition coefficient (Wildman–Crippen LogP) is 10.2. The third-order valence-electron chi connectivity index (χ3n) is 10.8. The van der Waals surface area contributed by atoms with Crippen molar-refractivity contribution >= 4 is 65.7 Å². The van der Waals surface area contributed by atoms with Crippen LogP contribution in [0.1, 0.15) is 0 Å². The van der Waals surface area contributed by atoms with Crippen LogP contribution in [-0.4, -0.2) is 24.0 Å². The predicted molar refractivity (Wildman–Crippen MR) is 219 cm³/mol. The first kappa shape index (κ1) is 30.5. The van der Waals surface area contributed by atoms with Crippen LogP contribution in [0.4, 0.5) is 0 Å². The fourth-order valence-corrected chi connectivity index (χ4v) is 8.20. The molecule has 0 atom stereocenters. The van der Waals surface area contributed by atoms with E-state index < -0.39 is 0 Å². The highest BCUT2D eigenvalue weighted by Crippen LogP contribution is 2.40. The van der Waals surface area contributed by atoms with Gasteiger partial charge in [-0.05, 0) is 65.7 Å². The van der Waals surface area contributed by atoms with Gasteiger partial charge in [-0.1, -0.05) is 97.1 Å². The summed E-state index contributed by atoms with van der Waals surface area (Å²) in [5, 5.41) is 4.80. The van der Waals surface area contributed by atoms with E-state index >= 15 is 0 Å². The van der Waals surface area contributed by atoms with E-state index in [1.807, 2.05) is 115 Å². The SMILES string of the molecule is O=c1c2ccccc2n2c3cc(-c4ccc5c(c4)oc4cccc(-c6nc(-c7ccccc7)nc(-c7cccc8c7oc7ccccc78)n6)c45)ccc3c(=O)n12. The summed E-state index contributed by atoms with van der Waals surface area (Å²) in [5.41, 5.74) is 7.82. The lowest BCUT2D eigenvalue weighted by Gasteiger charge is -2.09. The lowest BCUT2D eigenvalue weighted by Crippen LogP contribution is -2.21. The fraction of sp³-hybridized carbons (Fsp3) is 0. The summed E-state index contributed by atoms with van der Waals surface area (Å²) in [7, 11) is 0. The lowest BCUT2D eigenvalue weighted by molar-refractivity contribution is 0.668. The Morgan fingerprint density at radius 2 is 1.02 bits per heavy atom. The van der Waals surface area contributed by atoms with Gasteiger partial charge >= 0.3 is 0 Å². The van der Waals surface area contributed by atoms with E-state index in [2.05, 4.69) is 18.2 Å². The molecule has 9 heteroatoms. The van der Waals surface area contributed by atoms with Crippen LogP contribution in [0.2, 0.25) is 0 Å². The second-order valence-corrected chi connectivity index (χ2v) is 13.9. The molecule has 0 saturated carbocycles. The summed E-state index contributed by atoms with van der Waals surface area (Å²) in [6.07, 6.45) is 0. The summed E-state index contributed by atoms with van der Waals surface area (Å²) in [6.45, 7) is 0. The van der Waals surface area contributed by atoms with Crippen molar-refractivity contribution in [2.45, 2.75) is 0 Å². The topological polar surface area (TPSA) is 108 Å². The third-order valence-corrected chi connectivity index (χ3v) is 10.8. The molecule has 0 saturated heterocycles. The van der Waals surface area contributed by atoms with Crippen LogP contribution >= 0.6 is 0 Å². The summed E-state index contributed by atoms with van der Waals surface area (Å²) in [6, 6.07) is 48.9. The second kappa shape index (κ2) is 11.3. The molecule has 0 spiro atoms. The molecule has 0 amide bonds. The molecule has 0 fully saturated rings. The zero-order valence-corrected chi connectivity index (χ0v) is 29.3. The van der Waals surface area contributed by atoms with Gasteiger partial charge in [0, 0.05) is 32.7 Å². The van der Waals surface area contributed by atoms with Crippen LogP contribution in [0, 0.1) is 0 Å². The molecule has 12 rings (SSSR count). The summed E-state index contributed by atoms with van der Waals surface area (Å²) < 4.78 is 15.9. The normalized spacial score (nSPS) is 12.1. The molecule has 0 unspecified atom stereocenters. The first-order valence-electron chi connectivity index (χ1n) is 18.2. The van der Waals surface area contributed by atoms with Gasteiger partial charge in [-0.15, -0.1) is 0 Å². The zero-order chi connectivity index (χ0) is 37.1. The Hall–Kier alpha value is -7.91. The molecule has 0 aliphatic heterocycles. The van der Waals surface area contributed by atoms with Crippen molar-refractivity contribution in [3.05, 3.63) is 172 Å². The Morgan fingerprint density at radius 3 is 1.88 bits per heavy atom. The number of aromatic nitrogens is 5. The van der Waals surface area contributed by atoms with Crippen molar-refractivity contribution < 1.29 is 8.83 Å². The number of benzene rings is 7. The van der Waals surface area contributed by atoms with Crippen LogP contribution < -0.4 is 11.1 Å². The molecule has 0 N–H and O–H groups in total. The van der Waals surface area contributed by atoms with Gasteiger partial charge in [-0.2, -0.15) is 4.52 Å². The number of hydrogen-bond acceptors (Lipinski definition) is 7. The molecular weight excluding hydrogens is 699 g/mol. The number of furan rings is 2. The fourth-order valence-electron chi connectivity index (χ4n) is 8.20. The highest BCUT2D eigenvalue weighted by Gasteiger charge is 2.22. The van der Waals surface area contributed by atoms with E-state index in [0.29, 0.717) is 56.0 Å². The number of fused-ring (bicyclic) bond motifs is 11. The number of para-hydroxylation sites is 3. The molecule has 0 aliphatic carbocycles. The average molecular weight is 724 g/mol. The second-order valence-electron chi connectivity index (χ2n) is 13.9. The van der Waals surface area contributed by atoms with Crippen molar-refractivity contribution in [2.24, 2.45) is 0 Å². The third kappa shape index (κ3) is 4.27. The maximum Gasteiger partial charge on any atom is 0.282 e. The van der Waals surface area contributed by atoms with E-state index in [9.17, 15) is 9.59 Å². The van der Waals surface area contributed by atoms with Crippen LogP contribution in [0.25, 0.3) is 111 Å². The van der Waals surface area contributed by atoms with E-state index in [4.69, 9.17) is 23.8 Å². The molecule has 7 aromatic carbocycles. The maximum absolute atomic E-state index is 13.4. The van der Waals surface area contributed by atoms with Crippen LogP contribution in [-0.2, 0) is 0 Å². The van der Waals surface area contributed by atoms with Crippen molar-refractivity contribution in [2.75, 3.05) is 0 Å². The standard InChI is InChI=1S/C47H25N5O4/c53-46-31-13-4-6-17-36(31)51-37-24-27(20-22-32(37)47(54)52(46)51)28-21-23-33-40(25-28)55-39-19-9-15-34(41(33)39)44-48-43(26-10-2-1-3-11-26)49-45(50-44)35-16-8-14-30-29-12-5-7-18-38(29)56-42(30)35/h1-25H. The zero-order valence-electron chi connectivity index (χ0n) is 29.3. The smallest absolute Gasteiger partial charge is 0.282 e. The van der Waals surface area contributed by atoms with Crippen molar-refractivity contribution in [1.82, 2.24) is 24.0 Å². The highest BCUT2D eigenvalue weighted by atomic mass is 16.3. The molecule has 9 nitrogen and oxygen atoms in total. The van der Waals surface area contributed by atoms with Gasteiger partial charge in [0.25, 0.3) is 11.1 Å². The Balaban J connectivity index is 1.04. The van der Waals surface area contributed by atoms with Gasteiger partial charge < -0.3 is 8.83 Å². The Bertz CT molecular complexity index is 3710. The van der Waals surface area contributed by atoms with Crippen molar-refractivity contribution in [3.8, 4) is 45.3 Å². The van der Waals surface area contributed by atoms with Crippen molar-refractivity contribution in [1.29, 1.82) is 0 Å². The first-order chi connectivity index (χ1) is 27.6. The Labute approximate surface area is 315 Å². The van der Waals surface area contributed by atoms with Crippen LogP contribution in [0.15, 0.2) is 170 Å². The Kier molecular flexibility index (Phi) is 6.16. The molecule has 12 aromatic rings. The lowest BCUT2D eigenvalue weighted by atomic mass is 10.0. The van der Waals surface area contributed by atoms with Gasteiger partial charge in [0.1, 0.15) is 22.3 Å². The van der Waals surface area contributed by atoms with Gasteiger partial charge in [-0.3, -0.25) is 9.59 Å². The van der Waals surface area contributed by atoms with E-state index in [1.54, 1.807) is 22.7 Å². The van der Waals surface area contributed by atoms with E-state index in [0.717, 1.165) is 54.9 Å². The minimum Gasteiger partial charge on any atom is -0.456 e. The maximum atomic E-state index is 13.4. The molecule has 5 aromatic heterocycles. The average Bonchev–Trinajstić information content (AvgIpc) is 3.99. The minimum absolute atomic E-state index is 0.324. The van der Waals surface area contributed by atoms with Crippen LogP contribution in [0.5, 0.6) is 0 Å². The molecule has 0 aliphatic rings. The summed E-state index contributed by atoms with van der Waals surface area (Å²) in [4.78, 5) is 41.7. The van der Waals surface area contributed by atoms with Crippen molar-refractivity contribution in [3.63, 3.8) is 0 Å². The molecule has 5 heterocycles. The largest absolute Gasteiger partial charge is 0.456 e. The highest BCUT2D eigenvalue weighted by molar-refractivity contribution is 6.13. The molecule has 0 radical (unpaired) electrons. The minimum atomic E-state index is -0.334.